The van der Waals surface area contributed by atoms with E-state index in [1.807, 2.05) is 18.2 Å². The van der Waals surface area contributed by atoms with E-state index in [4.69, 9.17) is 11.6 Å². The van der Waals surface area contributed by atoms with Gasteiger partial charge in [-0.15, -0.1) is 6.58 Å². The van der Waals surface area contributed by atoms with Crippen LogP contribution in [0.3, 0.4) is 0 Å². The van der Waals surface area contributed by atoms with Gasteiger partial charge in [0.05, 0.1) is 0 Å². The number of carbonyl (C=O) groups excluding carboxylic acids is 2. The van der Waals surface area contributed by atoms with Gasteiger partial charge in [0.1, 0.15) is 5.69 Å². The Morgan fingerprint density at radius 3 is 2.75 bits per heavy atom. The number of aromatic nitrogens is 1. The van der Waals surface area contributed by atoms with Crippen molar-refractivity contribution in [2.75, 3.05) is 13.1 Å². The van der Waals surface area contributed by atoms with Gasteiger partial charge in [-0.2, -0.15) is 0 Å². The quantitative estimate of drug-likeness (QED) is 0.759. The van der Waals surface area contributed by atoms with E-state index in [0.29, 0.717) is 30.1 Å². The average Bonchev–Trinajstić information content (AvgIpc) is 2.59. The minimum atomic E-state index is -0.324. The van der Waals surface area contributed by atoms with Crippen LogP contribution in [0.1, 0.15) is 26.4 Å². The summed E-state index contributed by atoms with van der Waals surface area (Å²) in [5, 5.41) is 6.11. The summed E-state index contributed by atoms with van der Waals surface area (Å²) in [6.45, 7) is 4.35. The van der Waals surface area contributed by atoms with Crippen molar-refractivity contribution in [1.29, 1.82) is 0 Å². The fourth-order valence-electron chi connectivity index (χ4n) is 2.07. The summed E-state index contributed by atoms with van der Waals surface area (Å²) in [5.41, 5.74) is 1.62. The smallest absolute Gasteiger partial charge is 0.269 e. The van der Waals surface area contributed by atoms with E-state index in [2.05, 4.69) is 22.2 Å². The van der Waals surface area contributed by atoms with Gasteiger partial charge in [-0.25, -0.2) is 0 Å². The number of benzene rings is 1. The number of pyridine rings is 1. The lowest BCUT2D eigenvalue weighted by molar-refractivity contribution is 0.0949. The summed E-state index contributed by atoms with van der Waals surface area (Å²) in [5.74, 6) is -0.597. The molecule has 0 saturated carbocycles. The van der Waals surface area contributed by atoms with Gasteiger partial charge in [0.25, 0.3) is 11.8 Å². The molecule has 1 heterocycles. The van der Waals surface area contributed by atoms with E-state index >= 15 is 0 Å². The van der Waals surface area contributed by atoms with E-state index in [-0.39, 0.29) is 17.5 Å². The summed E-state index contributed by atoms with van der Waals surface area (Å²) in [6.07, 6.45) is 3.68. The zero-order valence-corrected chi connectivity index (χ0v) is 13.8. The molecule has 0 aliphatic heterocycles. The van der Waals surface area contributed by atoms with Crippen molar-refractivity contribution in [3.05, 3.63) is 77.1 Å². The van der Waals surface area contributed by atoms with Gasteiger partial charge in [-0.05, 0) is 36.2 Å². The van der Waals surface area contributed by atoms with Gasteiger partial charge in [-0.1, -0.05) is 29.8 Å². The van der Waals surface area contributed by atoms with Crippen molar-refractivity contribution in [2.45, 2.75) is 6.42 Å². The Labute approximate surface area is 145 Å². The molecule has 24 heavy (non-hydrogen) atoms. The Morgan fingerprint density at radius 2 is 2.00 bits per heavy atom. The Bertz CT molecular complexity index is 747. The highest BCUT2D eigenvalue weighted by atomic mass is 35.5. The Hall–Kier alpha value is -2.66. The molecular formula is C18H18ClN3O2. The van der Waals surface area contributed by atoms with Crippen LogP contribution in [0.5, 0.6) is 0 Å². The predicted molar refractivity (Wildman–Crippen MR) is 94.3 cm³/mol. The first-order chi connectivity index (χ1) is 11.6. The molecule has 0 unspecified atom stereocenters. The van der Waals surface area contributed by atoms with Gasteiger partial charge in [-0.3, -0.25) is 14.6 Å². The third-order valence-corrected chi connectivity index (χ3v) is 3.49. The summed E-state index contributed by atoms with van der Waals surface area (Å²) >= 11 is 5.92. The number of halogens is 1. The molecule has 2 aromatic rings. The monoisotopic (exact) mass is 343 g/mol. The second kappa shape index (κ2) is 8.84. The van der Waals surface area contributed by atoms with Crippen LogP contribution in [0, 0.1) is 0 Å². The Morgan fingerprint density at radius 1 is 1.17 bits per heavy atom. The number of hydrogen-bond donors (Lipinski definition) is 2. The number of nitrogens with one attached hydrogen (secondary N) is 2. The van der Waals surface area contributed by atoms with Crippen LogP contribution in [0.15, 0.2) is 55.3 Å². The summed E-state index contributed by atoms with van der Waals surface area (Å²) in [4.78, 5) is 28.0. The van der Waals surface area contributed by atoms with Crippen LogP contribution in [-0.2, 0) is 6.42 Å². The van der Waals surface area contributed by atoms with E-state index < -0.39 is 0 Å². The molecule has 0 aliphatic rings. The minimum Gasteiger partial charge on any atom is -0.350 e. The van der Waals surface area contributed by atoms with Crippen molar-refractivity contribution in [3.63, 3.8) is 0 Å². The molecule has 0 spiro atoms. The first kappa shape index (κ1) is 17.7. The van der Waals surface area contributed by atoms with Crippen LogP contribution in [0.4, 0.5) is 0 Å². The number of nitrogens with zero attached hydrogens (tertiary/aromatic N) is 1. The third kappa shape index (κ3) is 5.21. The highest BCUT2D eigenvalue weighted by molar-refractivity contribution is 6.30. The van der Waals surface area contributed by atoms with Crippen LogP contribution in [0.25, 0.3) is 0 Å². The van der Waals surface area contributed by atoms with Gasteiger partial charge in [0, 0.05) is 29.9 Å². The maximum absolute atomic E-state index is 12.1. The number of carbonyl (C=O) groups is 2. The molecule has 0 bridgehead atoms. The first-order valence-corrected chi connectivity index (χ1v) is 7.85. The topological polar surface area (TPSA) is 71.1 Å². The highest BCUT2D eigenvalue weighted by Gasteiger charge is 2.11. The maximum Gasteiger partial charge on any atom is 0.269 e. The molecule has 0 radical (unpaired) electrons. The largest absolute Gasteiger partial charge is 0.350 e. The average molecular weight is 344 g/mol. The normalized spacial score (nSPS) is 10.0. The van der Waals surface area contributed by atoms with E-state index in [9.17, 15) is 9.59 Å². The SMILES string of the molecule is C=CCNC(=O)c1ccnc(C(=O)NCCc2cccc(Cl)c2)c1. The molecule has 5 nitrogen and oxygen atoms in total. The Balaban J connectivity index is 1.92. The van der Waals surface area contributed by atoms with Crippen LogP contribution in [0.2, 0.25) is 5.02 Å². The maximum atomic E-state index is 12.1. The molecule has 1 aromatic heterocycles. The van der Waals surface area contributed by atoms with Crippen molar-refractivity contribution >= 4 is 23.4 Å². The molecule has 0 atom stereocenters. The lowest BCUT2D eigenvalue weighted by Gasteiger charge is -2.07. The molecule has 2 amide bonds. The lowest BCUT2D eigenvalue weighted by Crippen LogP contribution is -2.28. The number of amides is 2. The van der Waals surface area contributed by atoms with Gasteiger partial charge in [0.2, 0.25) is 0 Å². The molecule has 1 aromatic carbocycles. The number of hydrogen-bond acceptors (Lipinski definition) is 3. The summed E-state index contributed by atoms with van der Waals surface area (Å²) < 4.78 is 0. The highest BCUT2D eigenvalue weighted by Crippen LogP contribution is 2.10. The fraction of sp³-hybridized carbons (Fsp3) is 0.167. The van der Waals surface area contributed by atoms with Crippen molar-refractivity contribution < 1.29 is 9.59 Å². The molecular weight excluding hydrogens is 326 g/mol. The molecule has 124 valence electrons. The Kier molecular flexibility index (Phi) is 6.51. The van der Waals surface area contributed by atoms with Crippen LogP contribution in [-0.4, -0.2) is 29.9 Å². The standard InChI is InChI=1S/C18H18ClN3O2/c1-2-8-21-17(23)14-7-10-20-16(12-14)18(24)22-9-6-13-4-3-5-15(19)11-13/h2-5,7,10-12H,1,6,8-9H2,(H,21,23)(H,22,24). The molecule has 2 N–H and O–H groups in total. The minimum absolute atomic E-state index is 0.201. The van der Waals surface area contributed by atoms with Gasteiger partial charge in [0.15, 0.2) is 0 Å². The third-order valence-electron chi connectivity index (χ3n) is 3.25. The van der Waals surface area contributed by atoms with Crippen molar-refractivity contribution in [1.82, 2.24) is 15.6 Å². The first-order valence-electron chi connectivity index (χ1n) is 7.48. The second-order valence-electron chi connectivity index (χ2n) is 5.06. The van der Waals surface area contributed by atoms with Gasteiger partial charge < -0.3 is 10.6 Å². The summed E-state index contributed by atoms with van der Waals surface area (Å²) in [6, 6.07) is 10.5. The second-order valence-corrected chi connectivity index (χ2v) is 5.50. The van der Waals surface area contributed by atoms with E-state index in [1.54, 1.807) is 18.2 Å². The fourth-order valence-corrected chi connectivity index (χ4v) is 2.28. The van der Waals surface area contributed by atoms with Crippen molar-refractivity contribution in [2.24, 2.45) is 0 Å². The zero-order valence-electron chi connectivity index (χ0n) is 13.1. The molecule has 6 heteroatoms. The van der Waals surface area contributed by atoms with Crippen LogP contribution < -0.4 is 10.6 Å². The zero-order chi connectivity index (χ0) is 17.4. The van der Waals surface area contributed by atoms with E-state index in [0.717, 1.165) is 5.56 Å². The summed E-state index contributed by atoms with van der Waals surface area (Å²) in [7, 11) is 0. The molecule has 0 fully saturated rings. The molecule has 0 saturated heterocycles. The van der Waals surface area contributed by atoms with E-state index in [1.165, 1.54) is 12.3 Å². The number of rotatable bonds is 7. The predicted octanol–water partition coefficient (Wildman–Crippen LogP) is 2.62. The van der Waals surface area contributed by atoms with Gasteiger partial charge >= 0.3 is 0 Å². The molecule has 2 rings (SSSR count). The van der Waals surface area contributed by atoms with Crippen LogP contribution >= 0.6 is 11.6 Å². The van der Waals surface area contributed by atoms with Crippen molar-refractivity contribution in [3.8, 4) is 0 Å². The molecule has 0 aliphatic carbocycles. The lowest BCUT2D eigenvalue weighted by atomic mass is 10.1.